The molecule has 0 atom stereocenters. The minimum absolute atomic E-state index is 0.0542. The summed E-state index contributed by atoms with van der Waals surface area (Å²) in [6, 6.07) is 15.5. The van der Waals surface area contributed by atoms with Crippen LogP contribution in [0.2, 0.25) is 0 Å². The van der Waals surface area contributed by atoms with Crippen molar-refractivity contribution >= 4 is 23.5 Å². The maximum Gasteiger partial charge on any atom is 0.414 e. The number of nitrogens with one attached hydrogen (secondary N) is 1. The fourth-order valence-corrected chi connectivity index (χ4v) is 2.39. The van der Waals surface area contributed by atoms with E-state index in [0.29, 0.717) is 30.2 Å². The van der Waals surface area contributed by atoms with Crippen LogP contribution in [0.4, 0.5) is 5.69 Å². The number of hydrogen-bond donors (Lipinski definition) is 3. The van der Waals surface area contributed by atoms with Crippen molar-refractivity contribution in [2.45, 2.75) is 13.0 Å². The van der Waals surface area contributed by atoms with Crippen LogP contribution in [0, 0.1) is 0 Å². The first kappa shape index (κ1) is 24.4. The SMILES string of the molecule is COc1ccc(OC)c(NC(=O)CCN(C)Cc2ccccc2)c1.O=C(O)C(=O)O. The number of carbonyl (C=O) groups excluding carboxylic acids is 1. The van der Waals surface area contributed by atoms with Crippen molar-refractivity contribution in [1.82, 2.24) is 4.90 Å². The van der Waals surface area contributed by atoms with Gasteiger partial charge in [-0.2, -0.15) is 0 Å². The van der Waals surface area contributed by atoms with E-state index >= 15 is 0 Å². The molecule has 1 amide bonds. The van der Waals surface area contributed by atoms with Crippen LogP contribution in [-0.2, 0) is 20.9 Å². The van der Waals surface area contributed by atoms with Gasteiger partial charge in [-0.3, -0.25) is 4.79 Å². The molecular formula is C21H26N2O7. The number of rotatable bonds is 8. The van der Waals surface area contributed by atoms with Gasteiger partial charge in [-0.25, -0.2) is 9.59 Å². The smallest absolute Gasteiger partial charge is 0.414 e. The summed E-state index contributed by atoms with van der Waals surface area (Å²) in [5, 5.41) is 17.7. The predicted octanol–water partition coefficient (Wildman–Crippen LogP) is 2.32. The average molecular weight is 418 g/mol. The van der Waals surface area contributed by atoms with E-state index in [-0.39, 0.29) is 5.91 Å². The Bertz CT molecular complexity index is 829. The molecule has 0 fully saturated rings. The zero-order valence-corrected chi connectivity index (χ0v) is 17.1. The van der Waals surface area contributed by atoms with Gasteiger partial charge in [0, 0.05) is 25.6 Å². The molecule has 0 aliphatic carbocycles. The molecule has 0 saturated heterocycles. The summed E-state index contributed by atoms with van der Waals surface area (Å²) < 4.78 is 10.5. The number of ether oxygens (including phenoxy) is 2. The molecule has 0 heterocycles. The number of aliphatic carboxylic acids is 2. The van der Waals surface area contributed by atoms with Crippen LogP contribution in [0.25, 0.3) is 0 Å². The molecule has 2 aromatic rings. The summed E-state index contributed by atoms with van der Waals surface area (Å²) >= 11 is 0. The molecule has 0 spiro atoms. The van der Waals surface area contributed by atoms with Gasteiger partial charge in [-0.15, -0.1) is 0 Å². The fourth-order valence-electron chi connectivity index (χ4n) is 2.39. The Kier molecular flexibility index (Phi) is 10.4. The minimum atomic E-state index is -1.82. The van der Waals surface area contributed by atoms with Crippen LogP contribution in [0.3, 0.4) is 0 Å². The Labute approximate surface area is 174 Å². The van der Waals surface area contributed by atoms with E-state index in [2.05, 4.69) is 22.3 Å². The molecule has 9 nitrogen and oxygen atoms in total. The Morgan fingerprint density at radius 2 is 1.60 bits per heavy atom. The molecular weight excluding hydrogens is 392 g/mol. The maximum absolute atomic E-state index is 12.2. The summed E-state index contributed by atoms with van der Waals surface area (Å²) in [6.07, 6.45) is 0.406. The quantitative estimate of drug-likeness (QED) is 0.558. The van der Waals surface area contributed by atoms with E-state index < -0.39 is 11.9 Å². The van der Waals surface area contributed by atoms with Crippen molar-refractivity contribution in [2.75, 3.05) is 33.1 Å². The number of anilines is 1. The first-order valence-corrected chi connectivity index (χ1v) is 8.97. The van der Waals surface area contributed by atoms with Crippen molar-refractivity contribution in [3.8, 4) is 11.5 Å². The molecule has 162 valence electrons. The van der Waals surface area contributed by atoms with Gasteiger partial charge in [0.2, 0.25) is 5.91 Å². The number of benzene rings is 2. The molecule has 2 aromatic carbocycles. The number of methoxy groups -OCH3 is 2. The fraction of sp³-hybridized carbons (Fsp3) is 0.286. The summed E-state index contributed by atoms with van der Waals surface area (Å²) in [7, 11) is 5.17. The minimum Gasteiger partial charge on any atom is -0.497 e. The lowest BCUT2D eigenvalue weighted by Crippen LogP contribution is -2.24. The normalized spacial score (nSPS) is 9.87. The molecule has 0 aromatic heterocycles. The molecule has 9 heteroatoms. The Morgan fingerprint density at radius 1 is 0.967 bits per heavy atom. The number of nitrogens with zero attached hydrogens (tertiary/aromatic N) is 1. The van der Waals surface area contributed by atoms with Crippen LogP contribution < -0.4 is 14.8 Å². The van der Waals surface area contributed by atoms with Crippen LogP contribution in [0.1, 0.15) is 12.0 Å². The second-order valence-electron chi connectivity index (χ2n) is 6.20. The van der Waals surface area contributed by atoms with Gasteiger partial charge in [0.25, 0.3) is 0 Å². The number of hydrogen-bond acceptors (Lipinski definition) is 6. The van der Waals surface area contributed by atoms with E-state index in [9.17, 15) is 4.79 Å². The standard InChI is InChI=1S/C19H24N2O3.C2H2O4/c1-21(14-15-7-5-4-6-8-15)12-11-19(22)20-17-13-16(23-2)9-10-18(17)24-3;3-1(4)2(5)6/h4-10,13H,11-12,14H2,1-3H3,(H,20,22);(H,3,4)(H,5,6). The van der Waals surface area contributed by atoms with Crippen molar-refractivity contribution in [3.63, 3.8) is 0 Å². The number of amides is 1. The van der Waals surface area contributed by atoms with Crippen LogP contribution in [0.15, 0.2) is 48.5 Å². The van der Waals surface area contributed by atoms with Gasteiger partial charge in [-0.1, -0.05) is 30.3 Å². The lowest BCUT2D eigenvalue weighted by Gasteiger charge is -2.17. The van der Waals surface area contributed by atoms with Crippen molar-refractivity contribution in [1.29, 1.82) is 0 Å². The Hall–Kier alpha value is -3.59. The summed E-state index contributed by atoms with van der Waals surface area (Å²) in [6.45, 7) is 1.49. The van der Waals surface area contributed by atoms with E-state index in [0.717, 1.165) is 6.54 Å². The van der Waals surface area contributed by atoms with Gasteiger partial charge in [-0.05, 0) is 24.7 Å². The molecule has 0 aliphatic heterocycles. The highest BCUT2D eigenvalue weighted by Gasteiger charge is 2.10. The van der Waals surface area contributed by atoms with Gasteiger partial charge >= 0.3 is 11.9 Å². The lowest BCUT2D eigenvalue weighted by molar-refractivity contribution is -0.159. The highest BCUT2D eigenvalue weighted by atomic mass is 16.5. The van der Waals surface area contributed by atoms with Crippen molar-refractivity contribution < 1.29 is 34.1 Å². The van der Waals surface area contributed by atoms with Crippen LogP contribution in [-0.4, -0.2) is 60.8 Å². The van der Waals surface area contributed by atoms with E-state index in [1.807, 2.05) is 25.2 Å². The highest BCUT2D eigenvalue weighted by Crippen LogP contribution is 2.28. The first-order valence-electron chi connectivity index (χ1n) is 8.97. The van der Waals surface area contributed by atoms with Crippen LogP contribution >= 0.6 is 0 Å². The third-order valence-electron chi connectivity index (χ3n) is 3.88. The third kappa shape index (κ3) is 9.07. The molecule has 0 aliphatic rings. The second-order valence-corrected chi connectivity index (χ2v) is 6.20. The molecule has 30 heavy (non-hydrogen) atoms. The molecule has 0 radical (unpaired) electrons. The van der Waals surface area contributed by atoms with Crippen molar-refractivity contribution in [3.05, 3.63) is 54.1 Å². The summed E-state index contributed by atoms with van der Waals surface area (Å²) in [5.41, 5.74) is 1.85. The van der Waals surface area contributed by atoms with Gasteiger partial charge < -0.3 is 29.9 Å². The Balaban J connectivity index is 0.000000656. The van der Waals surface area contributed by atoms with Gasteiger partial charge in [0.15, 0.2) is 0 Å². The first-order chi connectivity index (χ1) is 14.3. The molecule has 0 bridgehead atoms. The molecule has 3 N–H and O–H groups in total. The highest BCUT2D eigenvalue weighted by molar-refractivity contribution is 6.27. The second kappa shape index (κ2) is 12.8. The number of carboxylic acids is 2. The number of carbonyl (C=O) groups is 3. The van der Waals surface area contributed by atoms with E-state index in [4.69, 9.17) is 29.3 Å². The largest absolute Gasteiger partial charge is 0.497 e. The van der Waals surface area contributed by atoms with Gasteiger partial charge in [0.1, 0.15) is 11.5 Å². The average Bonchev–Trinajstić information content (AvgIpc) is 2.73. The summed E-state index contributed by atoms with van der Waals surface area (Å²) in [4.78, 5) is 32.5. The zero-order valence-electron chi connectivity index (χ0n) is 17.1. The maximum atomic E-state index is 12.2. The summed E-state index contributed by atoms with van der Waals surface area (Å²) in [5.74, 6) is -2.42. The van der Waals surface area contributed by atoms with Gasteiger partial charge in [0.05, 0.1) is 19.9 Å². The van der Waals surface area contributed by atoms with E-state index in [1.165, 1.54) is 5.56 Å². The molecule has 0 unspecified atom stereocenters. The Morgan fingerprint density at radius 3 is 2.13 bits per heavy atom. The predicted molar refractivity (Wildman–Crippen MR) is 111 cm³/mol. The monoisotopic (exact) mass is 418 g/mol. The van der Waals surface area contributed by atoms with Crippen LogP contribution in [0.5, 0.6) is 11.5 Å². The lowest BCUT2D eigenvalue weighted by atomic mass is 10.2. The molecule has 2 rings (SSSR count). The molecule has 0 saturated carbocycles. The third-order valence-corrected chi connectivity index (χ3v) is 3.88. The van der Waals surface area contributed by atoms with E-state index in [1.54, 1.807) is 32.4 Å². The topological polar surface area (TPSA) is 125 Å². The zero-order chi connectivity index (χ0) is 22.5. The number of carboxylic acid groups (broad SMARTS) is 2. The van der Waals surface area contributed by atoms with Crippen molar-refractivity contribution in [2.24, 2.45) is 0 Å².